The van der Waals surface area contributed by atoms with E-state index in [-0.39, 0.29) is 12.5 Å². The van der Waals surface area contributed by atoms with Crippen molar-refractivity contribution >= 4 is 17.5 Å². The molecule has 0 saturated carbocycles. The smallest absolute Gasteiger partial charge is 0.217 e. The molecule has 0 bridgehead atoms. The fourth-order valence-corrected chi connectivity index (χ4v) is 1.28. The molecule has 0 aliphatic heterocycles. The number of hydrogen-bond donors (Lipinski definition) is 1. The van der Waals surface area contributed by atoms with E-state index in [1.54, 1.807) is 18.2 Å². The van der Waals surface area contributed by atoms with Crippen LogP contribution in [0.4, 0.5) is 0 Å². The lowest BCUT2D eigenvalue weighted by Gasteiger charge is -1.95. The van der Waals surface area contributed by atoms with Gasteiger partial charge in [-0.25, -0.2) is 0 Å². The van der Waals surface area contributed by atoms with E-state index in [0.717, 1.165) is 0 Å². The van der Waals surface area contributed by atoms with E-state index >= 15 is 0 Å². The second-order valence-corrected chi connectivity index (χ2v) is 3.49. The molecule has 0 atom stereocenters. The summed E-state index contributed by atoms with van der Waals surface area (Å²) >= 11 is 5.80. The fraction of sp³-hybridized carbons (Fsp3) is 0.167. The van der Waals surface area contributed by atoms with Gasteiger partial charge in [0.25, 0.3) is 0 Å². The van der Waals surface area contributed by atoms with Gasteiger partial charge >= 0.3 is 0 Å². The van der Waals surface area contributed by atoms with Crippen molar-refractivity contribution in [1.82, 2.24) is 5.32 Å². The Morgan fingerprint density at radius 1 is 1.44 bits per heavy atom. The van der Waals surface area contributed by atoms with Crippen molar-refractivity contribution in [3.63, 3.8) is 0 Å². The van der Waals surface area contributed by atoms with E-state index < -0.39 is 0 Å². The first-order valence-electron chi connectivity index (χ1n) is 4.56. The minimum atomic E-state index is -0.127. The standard InChI is InChI=1S/C12H9ClN2O/c1-9(16)15-4-2-3-10-5-11(8-14)7-12(13)6-10/h5-7H,4H2,1H3,(H,15,16). The number of nitriles is 1. The van der Waals surface area contributed by atoms with Gasteiger partial charge in [0.2, 0.25) is 5.91 Å². The van der Waals surface area contributed by atoms with Gasteiger partial charge in [-0.1, -0.05) is 23.4 Å². The zero-order valence-electron chi connectivity index (χ0n) is 8.67. The van der Waals surface area contributed by atoms with Crippen LogP contribution in [-0.4, -0.2) is 12.5 Å². The Labute approximate surface area is 99.0 Å². The van der Waals surface area contributed by atoms with Crippen LogP contribution in [0.5, 0.6) is 0 Å². The highest BCUT2D eigenvalue weighted by atomic mass is 35.5. The number of halogens is 1. The molecule has 1 aromatic rings. The van der Waals surface area contributed by atoms with Gasteiger partial charge in [-0.05, 0) is 18.2 Å². The summed E-state index contributed by atoms with van der Waals surface area (Å²) in [5, 5.41) is 11.7. The van der Waals surface area contributed by atoms with Gasteiger partial charge in [-0.15, -0.1) is 0 Å². The fourth-order valence-electron chi connectivity index (χ4n) is 1.04. The van der Waals surface area contributed by atoms with Gasteiger partial charge in [0.05, 0.1) is 18.2 Å². The molecule has 0 heterocycles. The maximum atomic E-state index is 10.6. The first-order chi connectivity index (χ1) is 7.61. The molecule has 1 aromatic carbocycles. The minimum Gasteiger partial charge on any atom is -0.345 e. The van der Waals surface area contributed by atoms with Gasteiger partial charge in [0, 0.05) is 17.5 Å². The van der Waals surface area contributed by atoms with Crippen LogP contribution in [0.25, 0.3) is 0 Å². The molecule has 0 spiro atoms. The van der Waals surface area contributed by atoms with Crippen molar-refractivity contribution in [1.29, 1.82) is 5.26 Å². The van der Waals surface area contributed by atoms with Crippen molar-refractivity contribution in [2.24, 2.45) is 0 Å². The van der Waals surface area contributed by atoms with Crippen molar-refractivity contribution in [2.45, 2.75) is 6.92 Å². The van der Waals surface area contributed by atoms with Crippen LogP contribution in [0.15, 0.2) is 18.2 Å². The summed E-state index contributed by atoms with van der Waals surface area (Å²) in [4.78, 5) is 10.6. The van der Waals surface area contributed by atoms with Gasteiger partial charge < -0.3 is 5.32 Å². The van der Waals surface area contributed by atoms with Crippen LogP contribution in [0.2, 0.25) is 5.02 Å². The monoisotopic (exact) mass is 232 g/mol. The van der Waals surface area contributed by atoms with E-state index in [1.165, 1.54) is 6.92 Å². The first kappa shape index (κ1) is 12.1. The molecule has 80 valence electrons. The number of nitrogens with zero attached hydrogens (tertiary/aromatic N) is 1. The lowest BCUT2D eigenvalue weighted by Crippen LogP contribution is -2.19. The highest BCUT2D eigenvalue weighted by Crippen LogP contribution is 2.13. The van der Waals surface area contributed by atoms with Crippen LogP contribution in [0.3, 0.4) is 0 Å². The predicted molar refractivity (Wildman–Crippen MR) is 61.7 cm³/mol. The van der Waals surface area contributed by atoms with Gasteiger partial charge in [-0.2, -0.15) is 5.26 Å². The van der Waals surface area contributed by atoms with E-state index in [1.807, 2.05) is 6.07 Å². The molecule has 0 unspecified atom stereocenters. The van der Waals surface area contributed by atoms with Crippen molar-refractivity contribution in [2.75, 3.05) is 6.54 Å². The molecule has 3 nitrogen and oxygen atoms in total. The molecule has 1 amide bonds. The average molecular weight is 233 g/mol. The maximum absolute atomic E-state index is 10.6. The number of carbonyl (C=O) groups excluding carboxylic acids is 1. The molecule has 0 saturated heterocycles. The Morgan fingerprint density at radius 2 is 2.12 bits per heavy atom. The molecule has 0 fully saturated rings. The van der Waals surface area contributed by atoms with E-state index in [2.05, 4.69) is 17.2 Å². The Balaban J connectivity index is 2.77. The molecule has 16 heavy (non-hydrogen) atoms. The summed E-state index contributed by atoms with van der Waals surface area (Å²) in [6.07, 6.45) is 0. The molecule has 4 heteroatoms. The number of benzene rings is 1. The number of amides is 1. The lowest BCUT2D eigenvalue weighted by atomic mass is 10.1. The van der Waals surface area contributed by atoms with Crippen molar-refractivity contribution in [3.8, 4) is 17.9 Å². The van der Waals surface area contributed by atoms with Crippen LogP contribution in [0, 0.1) is 23.2 Å². The number of rotatable bonds is 1. The van der Waals surface area contributed by atoms with Gasteiger partial charge in [-0.3, -0.25) is 4.79 Å². The van der Waals surface area contributed by atoms with Crippen molar-refractivity contribution < 1.29 is 4.79 Å². The predicted octanol–water partition coefficient (Wildman–Crippen LogP) is 1.70. The summed E-state index contributed by atoms with van der Waals surface area (Å²) in [6.45, 7) is 1.71. The van der Waals surface area contributed by atoms with E-state index in [0.29, 0.717) is 16.1 Å². The Hall–Kier alpha value is -1.97. The number of hydrogen-bond acceptors (Lipinski definition) is 2. The Morgan fingerprint density at radius 3 is 2.75 bits per heavy atom. The summed E-state index contributed by atoms with van der Waals surface area (Å²) < 4.78 is 0. The molecule has 0 aliphatic carbocycles. The third kappa shape index (κ3) is 4.04. The number of nitrogens with one attached hydrogen (secondary N) is 1. The summed E-state index contributed by atoms with van der Waals surface area (Å²) in [5.41, 5.74) is 1.13. The summed E-state index contributed by atoms with van der Waals surface area (Å²) in [6, 6.07) is 6.88. The van der Waals surface area contributed by atoms with E-state index in [4.69, 9.17) is 16.9 Å². The molecule has 1 N–H and O–H groups in total. The highest BCUT2D eigenvalue weighted by molar-refractivity contribution is 6.30. The normalized spacial score (nSPS) is 8.56. The van der Waals surface area contributed by atoms with Gasteiger partial charge in [0.15, 0.2) is 0 Å². The third-order valence-electron chi connectivity index (χ3n) is 1.69. The van der Waals surface area contributed by atoms with Gasteiger partial charge in [0.1, 0.15) is 0 Å². The number of carbonyl (C=O) groups is 1. The molecule has 1 rings (SSSR count). The average Bonchev–Trinajstić information content (AvgIpc) is 2.23. The topological polar surface area (TPSA) is 52.9 Å². The second kappa shape index (κ2) is 5.80. The first-order valence-corrected chi connectivity index (χ1v) is 4.93. The Bertz CT molecular complexity index is 506. The maximum Gasteiger partial charge on any atom is 0.217 e. The summed E-state index contributed by atoms with van der Waals surface area (Å²) in [7, 11) is 0. The molecule has 0 radical (unpaired) electrons. The van der Waals surface area contributed by atoms with Crippen LogP contribution >= 0.6 is 11.6 Å². The lowest BCUT2D eigenvalue weighted by molar-refractivity contribution is -0.118. The molecular formula is C12H9ClN2O. The largest absolute Gasteiger partial charge is 0.345 e. The zero-order valence-corrected chi connectivity index (χ0v) is 9.43. The Kier molecular flexibility index (Phi) is 4.39. The molecule has 0 aromatic heterocycles. The molecular weight excluding hydrogens is 224 g/mol. The SMILES string of the molecule is CC(=O)NCC#Cc1cc(Cl)cc(C#N)c1. The van der Waals surface area contributed by atoms with Crippen LogP contribution < -0.4 is 5.32 Å². The van der Waals surface area contributed by atoms with E-state index in [9.17, 15) is 4.79 Å². The highest BCUT2D eigenvalue weighted by Gasteiger charge is 1.96. The quantitative estimate of drug-likeness (QED) is 0.750. The second-order valence-electron chi connectivity index (χ2n) is 3.05. The summed E-state index contributed by atoms with van der Waals surface area (Å²) in [5.74, 6) is 5.45. The zero-order chi connectivity index (χ0) is 12.0. The minimum absolute atomic E-state index is 0.127. The van der Waals surface area contributed by atoms with Crippen LogP contribution in [0.1, 0.15) is 18.1 Å². The molecule has 0 aliphatic rings. The third-order valence-corrected chi connectivity index (χ3v) is 1.90. The van der Waals surface area contributed by atoms with Crippen molar-refractivity contribution in [3.05, 3.63) is 34.3 Å². The van der Waals surface area contributed by atoms with Crippen LogP contribution in [-0.2, 0) is 4.79 Å².